The lowest BCUT2D eigenvalue weighted by Gasteiger charge is -2.11. The SMILES string of the molecule is CCOC(=O)c1c(C2CC2)csc1NC(=O)CCS(=O)(=O)C1CCCC1. The molecule has 1 aromatic heterocycles. The fraction of sp³-hybridized carbons (Fsp3) is 0.667. The third-order valence-corrected chi connectivity index (χ3v) is 8.17. The van der Waals surface area contributed by atoms with Crippen molar-refractivity contribution in [2.45, 2.75) is 63.0 Å². The molecule has 6 nitrogen and oxygen atoms in total. The van der Waals surface area contributed by atoms with E-state index in [1.165, 1.54) is 11.3 Å². The Morgan fingerprint density at radius 2 is 1.92 bits per heavy atom. The summed E-state index contributed by atoms with van der Waals surface area (Å²) in [4.78, 5) is 24.6. The minimum atomic E-state index is -3.23. The highest BCUT2D eigenvalue weighted by Crippen LogP contribution is 2.46. The monoisotopic (exact) mass is 399 g/mol. The third kappa shape index (κ3) is 4.46. The molecular formula is C18H25NO5S2. The van der Waals surface area contributed by atoms with Crippen LogP contribution in [0.1, 0.15) is 73.7 Å². The summed E-state index contributed by atoms with van der Waals surface area (Å²) in [5.74, 6) is -0.580. The normalized spacial score (nSPS) is 18.0. The molecule has 8 heteroatoms. The van der Waals surface area contributed by atoms with E-state index in [4.69, 9.17) is 4.74 Å². The summed E-state index contributed by atoms with van der Waals surface area (Å²) >= 11 is 1.30. The molecule has 2 aliphatic carbocycles. The van der Waals surface area contributed by atoms with Gasteiger partial charge in [-0.2, -0.15) is 0 Å². The summed E-state index contributed by atoms with van der Waals surface area (Å²) in [5, 5.41) is 4.80. The molecule has 0 aliphatic heterocycles. The van der Waals surface area contributed by atoms with Gasteiger partial charge in [0.2, 0.25) is 5.91 Å². The Balaban J connectivity index is 1.64. The molecule has 0 bridgehead atoms. The van der Waals surface area contributed by atoms with Crippen LogP contribution in [-0.2, 0) is 19.4 Å². The Morgan fingerprint density at radius 3 is 2.54 bits per heavy atom. The Hall–Kier alpha value is -1.41. The highest BCUT2D eigenvalue weighted by Gasteiger charge is 2.33. The van der Waals surface area contributed by atoms with Gasteiger partial charge in [0, 0.05) is 6.42 Å². The summed E-state index contributed by atoms with van der Waals surface area (Å²) in [5.41, 5.74) is 1.37. The van der Waals surface area contributed by atoms with Crippen molar-refractivity contribution in [3.05, 3.63) is 16.5 Å². The second-order valence-corrected chi connectivity index (χ2v) is 10.2. The van der Waals surface area contributed by atoms with E-state index in [9.17, 15) is 18.0 Å². The molecule has 0 atom stereocenters. The number of ether oxygens (including phenoxy) is 1. The van der Waals surface area contributed by atoms with Crippen molar-refractivity contribution < 1.29 is 22.7 Å². The molecule has 2 aliphatic rings. The lowest BCUT2D eigenvalue weighted by atomic mass is 10.1. The number of thiophene rings is 1. The van der Waals surface area contributed by atoms with Gasteiger partial charge in [-0.25, -0.2) is 13.2 Å². The summed E-state index contributed by atoms with van der Waals surface area (Å²) in [7, 11) is -3.23. The molecule has 144 valence electrons. The molecule has 0 aromatic carbocycles. The Labute approximate surface area is 158 Å². The van der Waals surface area contributed by atoms with Crippen molar-refractivity contribution in [2.24, 2.45) is 0 Å². The van der Waals surface area contributed by atoms with Gasteiger partial charge in [0.1, 0.15) is 5.00 Å². The largest absolute Gasteiger partial charge is 0.462 e. The van der Waals surface area contributed by atoms with Gasteiger partial charge in [0.25, 0.3) is 0 Å². The van der Waals surface area contributed by atoms with Crippen LogP contribution < -0.4 is 5.32 Å². The Bertz CT molecular complexity index is 774. The second kappa shape index (κ2) is 8.08. The van der Waals surface area contributed by atoms with Crippen LogP contribution in [-0.4, -0.2) is 37.9 Å². The fourth-order valence-electron chi connectivity index (χ4n) is 3.41. The summed E-state index contributed by atoms with van der Waals surface area (Å²) in [6.45, 7) is 2.01. The van der Waals surface area contributed by atoms with Gasteiger partial charge in [0.15, 0.2) is 9.84 Å². The van der Waals surface area contributed by atoms with Crippen molar-refractivity contribution in [3.8, 4) is 0 Å². The Morgan fingerprint density at radius 1 is 1.23 bits per heavy atom. The lowest BCUT2D eigenvalue weighted by molar-refractivity contribution is -0.115. The number of esters is 1. The minimum Gasteiger partial charge on any atom is -0.462 e. The van der Waals surface area contributed by atoms with E-state index in [2.05, 4.69) is 5.32 Å². The molecule has 2 saturated carbocycles. The van der Waals surface area contributed by atoms with E-state index >= 15 is 0 Å². The number of anilines is 1. The average molecular weight is 400 g/mol. The molecular weight excluding hydrogens is 374 g/mol. The summed E-state index contributed by atoms with van der Waals surface area (Å²) in [6.07, 6.45) is 5.28. The standard InChI is InChI=1S/C18H25NO5S2/c1-2-24-18(21)16-14(12-7-8-12)11-25-17(16)19-15(20)9-10-26(22,23)13-5-3-4-6-13/h11-13H,2-10H2,1H3,(H,19,20). The fourth-order valence-corrected chi connectivity index (χ4v) is 6.31. The zero-order valence-corrected chi connectivity index (χ0v) is 16.6. The number of sulfone groups is 1. The molecule has 1 amide bonds. The van der Waals surface area contributed by atoms with Crippen LogP contribution in [0, 0.1) is 0 Å². The summed E-state index contributed by atoms with van der Waals surface area (Å²) in [6, 6.07) is 0. The van der Waals surface area contributed by atoms with Crippen LogP contribution in [0.3, 0.4) is 0 Å². The number of amides is 1. The van der Waals surface area contributed by atoms with E-state index in [1.54, 1.807) is 6.92 Å². The highest BCUT2D eigenvalue weighted by atomic mass is 32.2. The van der Waals surface area contributed by atoms with E-state index < -0.39 is 15.8 Å². The molecule has 0 spiro atoms. The number of carbonyl (C=O) groups excluding carboxylic acids is 2. The number of hydrogen-bond donors (Lipinski definition) is 1. The highest BCUT2D eigenvalue weighted by molar-refractivity contribution is 7.92. The number of rotatable bonds is 8. The van der Waals surface area contributed by atoms with Crippen LogP contribution in [0.5, 0.6) is 0 Å². The first kappa shape index (κ1) is 19.4. The van der Waals surface area contributed by atoms with Crippen molar-refractivity contribution in [2.75, 3.05) is 17.7 Å². The molecule has 1 heterocycles. The van der Waals surface area contributed by atoms with Gasteiger partial charge in [0.05, 0.1) is 23.2 Å². The molecule has 1 N–H and O–H groups in total. The zero-order chi connectivity index (χ0) is 18.7. The second-order valence-electron chi connectivity index (χ2n) is 6.96. The maximum absolute atomic E-state index is 12.3. The smallest absolute Gasteiger partial charge is 0.341 e. The predicted molar refractivity (Wildman–Crippen MR) is 102 cm³/mol. The van der Waals surface area contributed by atoms with Crippen LogP contribution in [0.25, 0.3) is 0 Å². The van der Waals surface area contributed by atoms with Gasteiger partial charge in [-0.3, -0.25) is 4.79 Å². The maximum Gasteiger partial charge on any atom is 0.341 e. The van der Waals surface area contributed by atoms with Gasteiger partial charge < -0.3 is 10.1 Å². The first-order valence-electron chi connectivity index (χ1n) is 9.22. The van der Waals surface area contributed by atoms with Crippen molar-refractivity contribution in [3.63, 3.8) is 0 Å². The van der Waals surface area contributed by atoms with Gasteiger partial charge >= 0.3 is 5.97 Å². The quantitative estimate of drug-likeness (QED) is 0.676. The first-order valence-corrected chi connectivity index (χ1v) is 11.8. The zero-order valence-electron chi connectivity index (χ0n) is 15.0. The number of carbonyl (C=O) groups is 2. The molecule has 1 aromatic rings. The van der Waals surface area contributed by atoms with Crippen molar-refractivity contribution in [1.82, 2.24) is 0 Å². The topological polar surface area (TPSA) is 89.5 Å². The predicted octanol–water partition coefficient (Wildman–Crippen LogP) is 3.49. The van der Waals surface area contributed by atoms with Gasteiger partial charge in [-0.05, 0) is 49.5 Å². The lowest BCUT2D eigenvalue weighted by Crippen LogP contribution is -2.24. The number of hydrogen-bond acceptors (Lipinski definition) is 6. The minimum absolute atomic E-state index is 0.0856. The van der Waals surface area contributed by atoms with Crippen molar-refractivity contribution in [1.29, 1.82) is 0 Å². The van der Waals surface area contributed by atoms with E-state index in [1.807, 2.05) is 5.38 Å². The van der Waals surface area contributed by atoms with Crippen LogP contribution in [0.2, 0.25) is 0 Å². The first-order chi connectivity index (χ1) is 12.4. The molecule has 2 fully saturated rings. The van der Waals surface area contributed by atoms with Crippen molar-refractivity contribution >= 4 is 38.1 Å². The molecule has 3 rings (SSSR count). The van der Waals surface area contributed by atoms with Gasteiger partial charge in [-0.15, -0.1) is 11.3 Å². The number of nitrogens with one attached hydrogen (secondary N) is 1. The Kier molecular flexibility index (Phi) is 6.02. The van der Waals surface area contributed by atoms with Gasteiger partial charge in [-0.1, -0.05) is 12.8 Å². The third-order valence-electron chi connectivity index (χ3n) is 4.99. The van der Waals surface area contributed by atoms with E-state index in [-0.39, 0.29) is 29.9 Å². The van der Waals surface area contributed by atoms with E-state index in [0.29, 0.717) is 29.3 Å². The average Bonchev–Trinajstić information content (AvgIpc) is 3.11. The maximum atomic E-state index is 12.3. The van der Waals surface area contributed by atoms with Crippen LogP contribution in [0.15, 0.2) is 5.38 Å². The van der Waals surface area contributed by atoms with Crippen LogP contribution in [0.4, 0.5) is 5.00 Å². The molecule has 0 unspecified atom stereocenters. The van der Waals surface area contributed by atoms with E-state index in [0.717, 1.165) is 31.2 Å². The molecule has 26 heavy (non-hydrogen) atoms. The molecule has 0 radical (unpaired) electrons. The molecule has 0 saturated heterocycles. The van der Waals surface area contributed by atoms with Crippen LogP contribution >= 0.6 is 11.3 Å². The summed E-state index contributed by atoms with van der Waals surface area (Å²) < 4.78 is 29.7.